The van der Waals surface area contributed by atoms with E-state index < -0.39 is 4.92 Å². The van der Waals surface area contributed by atoms with Crippen LogP contribution in [0.5, 0.6) is 0 Å². The first-order chi connectivity index (χ1) is 14.1. The van der Waals surface area contributed by atoms with Crippen LogP contribution in [0, 0.1) is 10.1 Å². The van der Waals surface area contributed by atoms with Gasteiger partial charge in [0.1, 0.15) is 5.69 Å². The number of aromatic nitrogens is 1. The first-order valence-electron chi connectivity index (χ1n) is 9.41. The Bertz CT molecular complexity index is 1010. The van der Waals surface area contributed by atoms with Crippen LogP contribution in [0.1, 0.15) is 34.1 Å². The number of carbonyl (C=O) groups is 1. The summed E-state index contributed by atoms with van der Waals surface area (Å²) in [5, 5.41) is 17.6. The highest BCUT2D eigenvalue weighted by Gasteiger charge is 2.28. The van der Waals surface area contributed by atoms with Crippen molar-refractivity contribution < 1.29 is 9.72 Å². The van der Waals surface area contributed by atoms with Crippen molar-refractivity contribution in [1.82, 2.24) is 9.88 Å². The Labute approximate surface area is 172 Å². The highest BCUT2D eigenvalue weighted by atomic mass is 32.1. The standard InChI is InChI=1S/C21H20N4O3S/c26-21(24-11-4-5-16(14-24)20-22-10-12-29-20)15-8-9-18(19(13-15)25(27)28)23-17-6-2-1-3-7-17/h1-3,6-10,12-13,16,23H,4-5,11,14H2. The van der Waals surface area contributed by atoms with Gasteiger partial charge >= 0.3 is 0 Å². The van der Waals surface area contributed by atoms with Crippen molar-refractivity contribution in [2.24, 2.45) is 0 Å². The molecule has 1 saturated heterocycles. The summed E-state index contributed by atoms with van der Waals surface area (Å²) in [4.78, 5) is 30.3. The number of nitrogens with zero attached hydrogens (tertiary/aromatic N) is 3. The van der Waals surface area contributed by atoms with Crippen LogP contribution >= 0.6 is 11.3 Å². The second-order valence-corrected chi connectivity index (χ2v) is 7.87. The van der Waals surface area contributed by atoms with Crippen LogP contribution in [0.3, 0.4) is 0 Å². The summed E-state index contributed by atoms with van der Waals surface area (Å²) in [5.41, 5.74) is 1.32. The lowest BCUT2D eigenvalue weighted by Crippen LogP contribution is -2.39. The van der Waals surface area contributed by atoms with Gasteiger partial charge in [-0.2, -0.15) is 0 Å². The van der Waals surface area contributed by atoms with Gasteiger partial charge in [0.15, 0.2) is 0 Å². The third-order valence-electron chi connectivity index (χ3n) is 5.00. The van der Waals surface area contributed by atoms with Crippen LogP contribution in [0.25, 0.3) is 0 Å². The van der Waals surface area contributed by atoms with Crippen LogP contribution in [-0.2, 0) is 0 Å². The fourth-order valence-electron chi connectivity index (χ4n) is 3.58. The Morgan fingerprint density at radius 3 is 2.79 bits per heavy atom. The van der Waals surface area contributed by atoms with E-state index in [2.05, 4.69) is 10.3 Å². The van der Waals surface area contributed by atoms with Crippen molar-refractivity contribution in [3.63, 3.8) is 0 Å². The average molecular weight is 408 g/mol. The summed E-state index contributed by atoms with van der Waals surface area (Å²) in [5.74, 6) is 0.0438. The molecule has 1 aliphatic heterocycles. The number of carbonyl (C=O) groups excluding carboxylic acids is 1. The van der Waals surface area contributed by atoms with Gasteiger partial charge in [0.05, 0.1) is 9.93 Å². The summed E-state index contributed by atoms with van der Waals surface area (Å²) < 4.78 is 0. The zero-order valence-electron chi connectivity index (χ0n) is 15.7. The molecule has 0 saturated carbocycles. The molecule has 0 aliphatic carbocycles. The van der Waals surface area contributed by atoms with Crippen molar-refractivity contribution in [3.05, 3.63) is 80.8 Å². The Balaban J connectivity index is 1.55. The lowest BCUT2D eigenvalue weighted by molar-refractivity contribution is -0.383. The number of hydrogen-bond acceptors (Lipinski definition) is 6. The third-order valence-corrected chi connectivity index (χ3v) is 5.94. The zero-order valence-corrected chi connectivity index (χ0v) is 16.5. The van der Waals surface area contributed by atoms with E-state index in [1.54, 1.807) is 34.6 Å². The van der Waals surface area contributed by atoms with E-state index in [1.807, 2.05) is 35.7 Å². The molecule has 3 aromatic rings. The van der Waals surface area contributed by atoms with Crippen molar-refractivity contribution in [2.75, 3.05) is 18.4 Å². The van der Waals surface area contributed by atoms with Crippen LogP contribution in [0.15, 0.2) is 60.1 Å². The maximum absolute atomic E-state index is 13.0. The van der Waals surface area contributed by atoms with Crippen LogP contribution in [-0.4, -0.2) is 33.8 Å². The number of anilines is 2. The summed E-state index contributed by atoms with van der Waals surface area (Å²) >= 11 is 1.60. The maximum Gasteiger partial charge on any atom is 0.293 e. The van der Waals surface area contributed by atoms with Crippen LogP contribution in [0.2, 0.25) is 0 Å². The predicted octanol–water partition coefficient (Wildman–Crippen LogP) is 4.81. The molecule has 1 atom stereocenters. The summed E-state index contributed by atoms with van der Waals surface area (Å²) in [7, 11) is 0. The third kappa shape index (κ3) is 4.27. The number of thiazole rings is 1. The molecule has 7 nitrogen and oxygen atoms in total. The van der Waals surface area contributed by atoms with Gasteiger partial charge in [-0.25, -0.2) is 4.98 Å². The maximum atomic E-state index is 13.0. The molecule has 0 radical (unpaired) electrons. The second-order valence-electron chi connectivity index (χ2n) is 6.94. The van der Waals surface area contributed by atoms with Gasteiger partial charge in [-0.1, -0.05) is 18.2 Å². The number of nitrogens with one attached hydrogen (secondary N) is 1. The monoisotopic (exact) mass is 408 g/mol. The molecule has 29 heavy (non-hydrogen) atoms. The average Bonchev–Trinajstić information content (AvgIpc) is 3.29. The number of piperidine rings is 1. The van der Waals surface area contributed by atoms with Gasteiger partial charge in [0.2, 0.25) is 0 Å². The van der Waals surface area contributed by atoms with E-state index in [4.69, 9.17) is 0 Å². The molecular weight excluding hydrogens is 388 g/mol. The van der Waals surface area contributed by atoms with Crippen molar-refractivity contribution in [3.8, 4) is 0 Å². The number of likely N-dealkylation sites (tertiary alicyclic amines) is 1. The fraction of sp³-hybridized carbons (Fsp3) is 0.238. The van der Waals surface area contributed by atoms with Gasteiger partial charge < -0.3 is 10.2 Å². The largest absolute Gasteiger partial charge is 0.350 e. The van der Waals surface area contributed by atoms with E-state index in [9.17, 15) is 14.9 Å². The molecule has 1 amide bonds. The summed E-state index contributed by atoms with van der Waals surface area (Å²) in [6, 6.07) is 13.8. The quantitative estimate of drug-likeness (QED) is 0.483. The smallest absolute Gasteiger partial charge is 0.293 e. The van der Waals surface area contributed by atoms with Gasteiger partial charge in [0.25, 0.3) is 11.6 Å². The van der Waals surface area contributed by atoms with Crippen molar-refractivity contribution in [2.45, 2.75) is 18.8 Å². The molecule has 1 aliphatic rings. The Hall–Kier alpha value is -3.26. The highest BCUT2D eigenvalue weighted by molar-refractivity contribution is 7.09. The van der Waals surface area contributed by atoms with Crippen LogP contribution in [0.4, 0.5) is 17.1 Å². The lowest BCUT2D eigenvalue weighted by atomic mass is 9.98. The topological polar surface area (TPSA) is 88.4 Å². The predicted molar refractivity (Wildman–Crippen MR) is 113 cm³/mol. The molecule has 1 N–H and O–H groups in total. The van der Waals surface area contributed by atoms with E-state index in [0.717, 1.165) is 23.5 Å². The van der Waals surface area contributed by atoms with Crippen molar-refractivity contribution >= 4 is 34.3 Å². The lowest BCUT2D eigenvalue weighted by Gasteiger charge is -2.32. The van der Waals surface area contributed by atoms with E-state index in [-0.39, 0.29) is 17.5 Å². The van der Waals surface area contributed by atoms with Gasteiger partial charge in [-0.05, 0) is 37.1 Å². The molecule has 2 aromatic carbocycles. The Morgan fingerprint density at radius 1 is 1.24 bits per heavy atom. The molecule has 1 aromatic heterocycles. The highest BCUT2D eigenvalue weighted by Crippen LogP contribution is 2.31. The number of amides is 1. The molecule has 8 heteroatoms. The minimum Gasteiger partial charge on any atom is -0.350 e. The first-order valence-corrected chi connectivity index (χ1v) is 10.3. The zero-order chi connectivity index (χ0) is 20.2. The Morgan fingerprint density at radius 2 is 2.07 bits per heavy atom. The number of hydrogen-bond donors (Lipinski definition) is 1. The number of benzene rings is 2. The summed E-state index contributed by atoms with van der Waals surface area (Å²) in [6.45, 7) is 1.24. The van der Waals surface area contributed by atoms with E-state index in [0.29, 0.717) is 24.3 Å². The summed E-state index contributed by atoms with van der Waals surface area (Å²) in [6.07, 6.45) is 3.67. The SMILES string of the molecule is O=C(c1ccc(Nc2ccccc2)c([N+](=O)[O-])c1)N1CCCC(c2nccs2)C1. The van der Waals surface area contributed by atoms with Gasteiger partial charge in [-0.3, -0.25) is 14.9 Å². The molecule has 4 rings (SSSR count). The van der Waals surface area contributed by atoms with Crippen molar-refractivity contribution in [1.29, 1.82) is 0 Å². The number of nitro groups is 1. The van der Waals surface area contributed by atoms with E-state index in [1.165, 1.54) is 6.07 Å². The Kier molecular flexibility index (Phi) is 5.53. The number of rotatable bonds is 5. The second kappa shape index (κ2) is 8.40. The molecule has 1 unspecified atom stereocenters. The molecule has 2 heterocycles. The molecule has 148 valence electrons. The molecular formula is C21H20N4O3S. The number of nitro benzene ring substituents is 1. The minimum atomic E-state index is -0.462. The van der Waals surface area contributed by atoms with Gasteiger partial charge in [0, 0.05) is 47.9 Å². The minimum absolute atomic E-state index is 0.117. The van der Waals surface area contributed by atoms with E-state index >= 15 is 0 Å². The first kappa shape index (κ1) is 19.1. The number of para-hydroxylation sites is 1. The molecule has 1 fully saturated rings. The van der Waals surface area contributed by atoms with Crippen LogP contribution < -0.4 is 5.32 Å². The normalized spacial score (nSPS) is 16.4. The molecule has 0 bridgehead atoms. The van der Waals surface area contributed by atoms with Gasteiger partial charge in [-0.15, -0.1) is 11.3 Å². The molecule has 0 spiro atoms. The fourth-order valence-corrected chi connectivity index (χ4v) is 4.35.